The molecular formula is C6H5N3O. The fraction of sp³-hybridized carbons (Fsp3) is 0. The van der Waals surface area contributed by atoms with Gasteiger partial charge in [0, 0.05) is 11.8 Å². The first-order chi connectivity index (χ1) is 4.97. The summed E-state index contributed by atoms with van der Waals surface area (Å²) in [7, 11) is 0. The Morgan fingerprint density at radius 1 is 1.50 bits per heavy atom. The van der Waals surface area contributed by atoms with Crippen molar-refractivity contribution >= 4 is 11.9 Å². The number of hydrogen-bond donors (Lipinski definition) is 1. The largest absolute Gasteiger partial charge is 0.388 e. The van der Waals surface area contributed by atoms with Gasteiger partial charge in [-0.15, -0.1) is 0 Å². The summed E-state index contributed by atoms with van der Waals surface area (Å²) in [5.41, 5.74) is 3.56. The second kappa shape index (κ2) is 1.98. The van der Waals surface area contributed by atoms with Crippen molar-refractivity contribution in [3.8, 4) is 0 Å². The van der Waals surface area contributed by atoms with E-state index in [-0.39, 0.29) is 0 Å². The Kier molecular flexibility index (Phi) is 1.04. The van der Waals surface area contributed by atoms with Crippen molar-refractivity contribution in [3.63, 3.8) is 0 Å². The van der Waals surface area contributed by atoms with Gasteiger partial charge >= 0.3 is 0 Å². The van der Waals surface area contributed by atoms with E-state index in [2.05, 4.69) is 15.4 Å². The summed E-state index contributed by atoms with van der Waals surface area (Å²) in [6, 6.07) is 0. The van der Waals surface area contributed by atoms with E-state index in [1.165, 1.54) is 6.33 Å². The molecule has 0 amide bonds. The highest BCUT2D eigenvalue weighted by Gasteiger charge is 2.02. The minimum absolute atomic E-state index is 0.706. The molecule has 0 aliphatic carbocycles. The molecule has 0 saturated heterocycles. The van der Waals surface area contributed by atoms with Crippen molar-refractivity contribution in [2.24, 2.45) is 0 Å². The van der Waals surface area contributed by atoms with E-state index in [1.807, 2.05) is 0 Å². The van der Waals surface area contributed by atoms with Crippen LogP contribution in [-0.2, 0) is 4.84 Å². The van der Waals surface area contributed by atoms with Gasteiger partial charge in [0.1, 0.15) is 12.6 Å². The molecule has 0 atom stereocenters. The first kappa shape index (κ1) is 5.22. The molecule has 0 bridgehead atoms. The Morgan fingerprint density at radius 3 is 3.40 bits per heavy atom. The van der Waals surface area contributed by atoms with Crippen LogP contribution in [0.1, 0.15) is 5.56 Å². The summed E-state index contributed by atoms with van der Waals surface area (Å²) in [6.07, 6.45) is 6.53. The van der Waals surface area contributed by atoms with Crippen LogP contribution in [0.15, 0.2) is 18.8 Å². The molecule has 2 heterocycles. The summed E-state index contributed by atoms with van der Waals surface area (Å²) in [5, 5.41) is 0. The lowest BCUT2D eigenvalue weighted by molar-refractivity contribution is 0.326. The van der Waals surface area contributed by atoms with Crippen molar-refractivity contribution in [1.82, 2.24) is 9.97 Å². The van der Waals surface area contributed by atoms with E-state index >= 15 is 0 Å². The molecule has 2 rings (SSSR count). The minimum Gasteiger partial charge on any atom is -0.388 e. The van der Waals surface area contributed by atoms with Crippen molar-refractivity contribution in [3.05, 3.63) is 24.3 Å². The average Bonchev–Trinajstić information content (AvgIpc) is 2.05. The predicted octanol–water partition coefficient (Wildman–Crippen LogP) is 0.804. The van der Waals surface area contributed by atoms with Crippen molar-refractivity contribution in [2.75, 3.05) is 5.48 Å². The maximum atomic E-state index is 4.78. The normalized spacial score (nSPS) is 13.2. The van der Waals surface area contributed by atoms with E-state index in [1.54, 1.807) is 18.5 Å². The van der Waals surface area contributed by atoms with Gasteiger partial charge in [0.15, 0.2) is 5.82 Å². The Morgan fingerprint density at radius 2 is 2.50 bits per heavy atom. The SMILES string of the molecule is C1=Cc2cncnc2NO1. The second-order valence-corrected chi connectivity index (χ2v) is 1.85. The highest BCUT2D eigenvalue weighted by Crippen LogP contribution is 2.15. The number of anilines is 1. The number of hydrogen-bond acceptors (Lipinski definition) is 4. The van der Waals surface area contributed by atoms with Gasteiger partial charge in [-0.25, -0.2) is 15.4 Å². The molecule has 50 valence electrons. The molecule has 0 saturated carbocycles. The second-order valence-electron chi connectivity index (χ2n) is 1.85. The molecule has 0 radical (unpaired) electrons. The smallest absolute Gasteiger partial charge is 0.170 e. The summed E-state index contributed by atoms with van der Waals surface area (Å²) < 4.78 is 0. The first-order valence-electron chi connectivity index (χ1n) is 2.85. The first-order valence-corrected chi connectivity index (χ1v) is 2.85. The molecule has 0 aromatic carbocycles. The predicted molar refractivity (Wildman–Crippen MR) is 35.8 cm³/mol. The van der Waals surface area contributed by atoms with Crippen molar-refractivity contribution in [1.29, 1.82) is 0 Å². The van der Waals surface area contributed by atoms with Crippen LogP contribution in [0, 0.1) is 0 Å². The van der Waals surface area contributed by atoms with Gasteiger partial charge in [-0.1, -0.05) is 0 Å². The van der Waals surface area contributed by atoms with Crippen LogP contribution < -0.4 is 5.48 Å². The molecule has 1 aromatic heterocycles. The maximum absolute atomic E-state index is 4.78. The van der Waals surface area contributed by atoms with Crippen molar-refractivity contribution < 1.29 is 4.84 Å². The standard InChI is InChI=1S/C6H5N3O/c1-2-10-9-6-5(1)3-7-4-8-6/h1-4H,(H,7,8,9). The van der Waals surface area contributed by atoms with Crippen LogP contribution in [0.4, 0.5) is 5.82 Å². The summed E-state index contributed by atoms with van der Waals surface area (Å²) in [5.74, 6) is 0.706. The van der Waals surface area contributed by atoms with Crippen LogP contribution in [0.25, 0.3) is 6.08 Å². The molecule has 1 aliphatic rings. The Hall–Kier alpha value is -1.58. The van der Waals surface area contributed by atoms with E-state index in [9.17, 15) is 0 Å². The van der Waals surface area contributed by atoms with Crippen LogP contribution in [-0.4, -0.2) is 9.97 Å². The molecule has 0 unspecified atom stereocenters. The summed E-state index contributed by atoms with van der Waals surface area (Å²) >= 11 is 0. The molecule has 1 aromatic rings. The van der Waals surface area contributed by atoms with E-state index < -0.39 is 0 Å². The van der Waals surface area contributed by atoms with Gasteiger partial charge in [0.25, 0.3) is 0 Å². The summed E-state index contributed by atoms with van der Waals surface area (Å²) in [6.45, 7) is 0. The highest BCUT2D eigenvalue weighted by molar-refractivity contribution is 5.62. The molecule has 4 heteroatoms. The molecular weight excluding hydrogens is 130 g/mol. The number of fused-ring (bicyclic) bond motifs is 1. The zero-order valence-corrected chi connectivity index (χ0v) is 5.11. The molecule has 0 spiro atoms. The monoisotopic (exact) mass is 135 g/mol. The Labute approximate surface area is 57.5 Å². The number of aromatic nitrogens is 2. The van der Waals surface area contributed by atoms with Gasteiger partial charge < -0.3 is 4.84 Å². The number of nitrogens with one attached hydrogen (secondary N) is 1. The maximum Gasteiger partial charge on any atom is 0.170 e. The molecule has 0 fully saturated rings. The lowest BCUT2D eigenvalue weighted by Gasteiger charge is -2.09. The van der Waals surface area contributed by atoms with Crippen LogP contribution >= 0.6 is 0 Å². The van der Waals surface area contributed by atoms with Gasteiger partial charge in [0.2, 0.25) is 0 Å². The number of rotatable bonds is 0. The van der Waals surface area contributed by atoms with Crippen molar-refractivity contribution in [2.45, 2.75) is 0 Å². The van der Waals surface area contributed by atoms with Crippen LogP contribution in [0.2, 0.25) is 0 Å². The molecule has 1 aliphatic heterocycles. The minimum atomic E-state index is 0.706. The lowest BCUT2D eigenvalue weighted by Crippen LogP contribution is -2.03. The van der Waals surface area contributed by atoms with E-state index in [4.69, 9.17) is 4.84 Å². The Balaban J connectivity index is 2.54. The zero-order valence-electron chi connectivity index (χ0n) is 5.11. The molecule has 1 N–H and O–H groups in total. The topological polar surface area (TPSA) is 47.0 Å². The van der Waals surface area contributed by atoms with Gasteiger partial charge in [-0.05, 0) is 6.08 Å². The third kappa shape index (κ3) is 0.699. The number of nitrogens with zero attached hydrogens (tertiary/aromatic N) is 2. The van der Waals surface area contributed by atoms with Gasteiger partial charge in [-0.2, -0.15) is 0 Å². The van der Waals surface area contributed by atoms with Gasteiger partial charge in [-0.3, -0.25) is 0 Å². The van der Waals surface area contributed by atoms with Crippen LogP contribution in [0.3, 0.4) is 0 Å². The van der Waals surface area contributed by atoms with E-state index in [0.717, 1.165) is 5.56 Å². The van der Waals surface area contributed by atoms with Gasteiger partial charge in [0.05, 0.1) is 0 Å². The van der Waals surface area contributed by atoms with Crippen LogP contribution in [0.5, 0.6) is 0 Å². The third-order valence-electron chi connectivity index (χ3n) is 1.21. The lowest BCUT2D eigenvalue weighted by atomic mass is 10.3. The summed E-state index contributed by atoms with van der Waals surface area (Å²) in [4.78, 5) is 12.5. The molecule has 10 heavy (non-hydrogen) atoms. The molecule has 4 nitrogen and oxygen atoms in total. The van der Waals surface area contributed by atoms with E-state index in [0.29, 0.717) is 5.82 Å². The fourth-order valence-corrected chi connectivity index (χ4v) is 0.745. The third-order valence-corrected chi connectivity index (χ3v) is 1.21. The Bertz CT molecular complexity index is 271. The average molecular weight is 135 g/mol. The quantitative estimate of drug-likeness (QED) is 0.571. The fourth-order valence-electron chi connectivity index (χ4n) is 0.745. The highest BCUT2D eigenvalue weighted by atomic mass is 16.6. The zero-order chi connectivity index (χ0) is 6.81.